The number of fused-ring (bicyclic) bond motifs is 5. The molecule has 0 saturated heterocycles. The first-order valence-corrected chi connectivity index (χ1v) is 14.0. The lowest BCUT2D eigenvalue weighted by atomic mass is 9.83. The average Bonchev–Trinajstić information content (AvgIpc) is 3.04. The molecule has 0 aromatic heterocycles. The van der Waals surface area contributed by atoms with E-state index in [1.807, 2.05) is 24.3 Å². The molecule has 1 aliphatic heterocycles. The molecular weight excluding hydrogens is 496 g/mol. The van der Waals surface area contributed by atoms with Crippen LogP contribution in [0.3, 0.4) is 0 Å². The third-order valence-electron chi connectivity index (χ3n) is 8.58. The molecule has 0 spiro atoms. The van der Waals surface area contributed by atoms with Crippen LogP contribution in [0, 0.1) is 0 Å². The van der Waals surface area contributed by atoms with Crippen molar-refractivity contribution in [3.63, 3.8) is 0 Å². The maximum Gasteiger partial charge on any atom is 0.135 e. The molecular formula is C40H24O. The summed E-state index contributed by atoms with van der Waals surface area (Å²) in [6.07, 6.45) is 0. The number of hydrogen-bond acceptors (Lipinski definition) is 1. The molecule has 1 aliphatic rings. The summed E-state index contributed by atoms with van der Waals surface area (Å²) in [5.41, 5.74) is 7.00. The summed E-state index contributed by atoms with van der Waals surface area (Å²) in [5.74, 6) is 1.78. The molecule has 0 N–H and O–H groups in total. The number of para-hydroxylation sites is 1. The first kappa shape index (κ1) is 21.4. The van der Waals surface area contributed by atoms with Crippen LogP contribution < -0.4 is 4.74 Å². The molecule has 0 radical (unpaired) electrons. The van der Waals surface area contributed by atoms with Crippen molar-refractivity contribution in [1.82, 2.24) is 0 Å². The van der Waals surface area contributed by atoms with E-state index in [0.717, 1.165) is 38.8 Å². The molecule has 1 heteroatoms. The van der Waals surface area contributed by atoms with E-state index in [1.54, 1.807) is 0 Å². The SMILES string of the molecule is [2H]c1ccc2c(-c3ccc4c5c(cccc35)Oc3ccccc3-4)c3ccccc3c(-c3ccc4ccccc4c3)c2c1. The molecule has 190 valence electrons. The molecule has 0 bridgehead atoms. The second kappa shape index (κ2) is 8.55. The molecule has 41 heavy (non-hydrogen) atoms. The van der Waals surface area contributed by atoms with Crippen molar-refractivity contribution in [3.05, 3.63) is 146 Å². The fraction of sp³-hybridized carbons (Fsp3) is 0. The van der Waals surface area contributed by atoms with Crippen molar-refractivity contribution in [2.45, 2.75) is 0 Å². The van der Waals surface area contributed by atoms with E-state index in [2.05, 4.69) is 115 Å². The normalized spacial score (nSPS) is 12.4. The van der Waals surface area contributed by atoms with Gasteiger partial charge in [-0.1, -0.05) is 127 Å². The Morgan fingerprint density at radius 2 is 1.07 bits per heavy atom. The Labute approximate surface area is 239 Å². The first-order chi connectivity index (χ1) is 20.7. The minimum absolute atomic E-state index is 0.507. The van der Waals surface area contributed by atoms with Gasteiger partial charge in [-0.3, -0.25) is 0 Å². The lowest BCUT2D eigenvalue weighted by Crippen LogP contribution is -1.98. The standard InChI is InChI=1S/C40H24O/c1-2-11-26-24-27(21-20-25(26)10-1)38-29-13-3-5-15-31(29)39(32-16-6-4-14-30(32)38)35-23-22-34-28-12-7-8-18-36(28)41-37-19-9-17-33(35)40(34)37/h1-24H/i3D. The van der Waals surface area contributed by atoms with Crippen LogP contribution in [-0.4, -0.2) is 0 Å². The topological polar surface area (TPSA) is 9.23 Å². The molecule has 1 heterocycles. The van der Waals surface area contributed by atoms with E-state index in [4.69, 9.17) is 6.11 Å². The zero-order chi connectivity index (χ0) is 27.8. The van der Waals surface area contributed by atoms with Gasteiger partial charge in [0, 0.05) is 10.9 Å². The van der Waals surface area contributed by atoms with Gasteiger partial charge in [0.25, 0.3) is 0 Å². The Bertz CT molecular complexity index is 2400. The van der Waals surface area contributed by atoms with Crippen LogP contribution in [0.4, 0.5) is 0 Å². The van der Waals surface area contributed by atoms with Gasteiger partial charge in [0.15, 0.2) is 0 Å². The third kappa shape index (κ3) is 3.24. The Kier molecular flexibility index (Phi) is 4.47. The highest BCUT2D eigenvalue weighted by Gasteiger charge is 2.23. The molecule has 1 nitrogen and oxygen atoms in total. The van der Waals surface area contributed by atoms with Gasteiger partial charge in [0.1, 0.15) is 11.5 Å². The highest BCUT2D eigenvalue weighted by Crippen LogP contribution is 2.51. The molecule has 8 aromatic carbocycles. The second-order valence-electron chi connectivity index (χ2n) is 10.8. The summed E-state index contributed by atoms with van der Waals surface area (Å²) in [7, 11) is 0. The molecule has 0 aliphatic carbocycles. The Hall–Kier alpha value is -5.40. The van der Waals surface area contributed by atoms with Crippen molar-refractivity contribution < 1.29 is 6.11 Å². The van der Waals surface area contributed by atoms with Gasteiger partial charge in [0.05, 0.1) is 1.37 Å². The average molecular weight is 522 g/mol. The monoisotopic (exact) mass is 521 g/mol. The molecule has 0 amide bonds. The fourth-order valence-corrected chi connectivity index (χ4v) is 6.81. The zero-order valence-electron chi connectivity index (χ0n) is 23.2. The van der Waals surface area contributed by atoms with Crippen molar-refractivity contribution in [1.29, 1.82) is 0 Å². The minimum atomic E-state index is 0.507. The Balaban J connectivity index is 1.41. The van der Waals surface area contributed by atoms with E-state index in [1.165, 1.54) is 49.2 Å². The van der Waals surface area contributed by atoms with Crippen LogP contribution in [0.1, 0.15) is 1.37 Å². The summed E-state index contributed by atoms with van der Waals surface area (Å²) in [5, 5.41) is 9.36. The Morgan fingerprint density at radius 3 is 1.98 bits per heavy atom. The van der Waals surface area contributed by atoms with Crippen molar-refractivity contribution >= 4 is 43.1 Å². The van der Waals surface area contributed by atoms with Crippen LogP contribution >= 0.6 is 0 Å². The van der Waals surface area contributed by atoms with Crippen LogP contribution in [0.25, 0.3) is 76.5 Å². The molecule has 8 aromatic rings. The van der Waals surface area contributed by atoms with Crippen molar-refractivity contribution in [2.75, 3.05) is 0 Å². The minimum Gasteiger partial charge on any atom is -0.456 e. The number of rotatable bonds is 2. The molecule has 0 unspecified atom stereocenters. The highest BCUT2D eigenvalue weighted by atomic mass is 16.5. The maximum absolute atomic E-state index is 8.62. The van der Waals surface area contributed by atoms with Gasteiger partial charge in [-0.05, 0) is 83.7 Å². The predicted octanol–water partition coefficient (Wildman–Crippen LogP) is 11.4. The van der Waals surface area contributed by atoms with Crippen molar-refractivity contribution in [3.8, 4) is 44.9 Å². The van der Waals surface area contributed by atoms with E-state index < -0.39 is 0 Å². The van der Waals surface area contributed by atoms with Gasteiger partial charge in [-0.25, -0.2) is 0 Å². The molecule has 9 rings (SSSR count). The quantitative estimate of drug-likeness (QED) is 0.206. The van der Waals surface area contributed by atoms with Gasteiger partial charge < -0.3 is 4.74 Å². The Morgan fingerprint density at radius 1 is 0.415 bits per heavy atom. The molecule has 0 saturated carbocycles. The van der Waals surface area contributed by atoms with E-state index >= 15 is 0 Å². The van der Waals surface area contributed by atoms with Crippen LogP contribution in [0.5, 0.6) is 11.5 Å². The number of ether oxygens (including phenoxy) is 1. The summed E-state index contributed by atoms with van der Waals surface area (Å²) >= 11 is 0. The summed E-state index contributed by atoms with van der Waals surface area (Å²) in [6.45, 7) is 0. The van der Waals surface area contributed by atoms with Gasteiger partial charge in [-0.15, -0.1) is 0 Å². The van der Waals surface area contributed by atoms with Crippen LogP contribution in [-0.2, 0) is 0 Å². The smallest absolute Gasteiger partial charge is 0.135 e. The molecule has 0 atom stereocenters. The molecule has 0 fully saturated rings. The van der Waals surface area contributed by atoms with E-state index in [-0.39, 0.29) is 0 Å². The second-order valence-corrected chi connectivity index (χ2v) is 10.8. The fourth-order valence-electron chi connectivity index (χ4n) is 6.81. The lowest BCUT2D eigenvalue weighted by molar-refractivity contribution is 0.487. The predicted molar refractivity (Wildman–Crippen MR) is 173 cm³/mol. The van der Waals surface area contributed by atoms with Gasteiger partial charge in [-0.2, -0.15) is 0 Å². The van der Waals surface area contributed by atoms with Gasteiger partial charge in [0.2, 0.25) is 0 Å². The summed E-state index contributed by atoms with van der Waals surface area (Å²) < 4.78 is 15.0. The van der Waals surface area contributed by atoms with Gasteiger partial charge >= 0.3 is 0 Å². The highest BCUT2D eigenvalue weighted by molar-refractivity contribution is 6.25. The van der Waals surface area contributed by atoms with Crippen LogP contribution in [0.15, 0.2) is 146 Å². The number of benzene rings is 8. The third-order valence-corrected chi connectivity index (χ3v) is 8.58. The van der Waals surface area contributed by atoms with Crippen LogP contribution in [0.2, 0.25) is 0 Å². The largest absolute Gasteiger partial charge is 0.456 e. The van der Waals surface area contributed by atoms with E-state index in [9.17, 15) is 0 Å². The van der Waals surface area contributed by atoms with Crippen molar-refractivity contribution in [2.24, 2.45) is 0 Å². The summed E-state index contributed by atoms with van der Waals surface area (Å²) in [6, 6.07) is 49.7. The van der Waals surface area contributed by atoms with E-state index in [0.29, 0.717) is 6.04 Å². The summed E-state index contributed by atoms with van der Waals surface area (Å²) in [4.78, 5) is 0. The zero-order valence-corrected chi connectivity index (χ0v) is 22.2. The first-order valence-electron chi connectivity index (χ1n) is 14.5. The maximum atomic E-state index is 8.62. The lowest BCUT2D eigenvalue weighted by Gasteiger charge is -2.24. The number of hydrogen-bond donors (Lipinski definition) is 0.